The van der Waals surface area contributed by atoms with Crippen molar-refractivity contribution in [1.29, 1.82) is 0 Å². The lowest BCUT2D eigenvalue weighted by molar-refractivity contribution is -0.154. The van der Waals surface area contributed by atoms with Gasteiger partial charge < -0.3 is 14.5 Å². The Labute approximate surface area is 136 Å². The molecule has 1 aromatic heterocycles. The highest BCUT2D eigenvalue weighted by atomic mass is 16.5. The van der Waals surface area contributed by atoms with E-state index in [1.165, 1.54) is 0 Å². The summed E-state index contributed by atoms with van der Waals surface area (Å²) in [6, 6.07) is 3.95. The number of aryl methyl sites for hydroxylation is 2. The number of benzene rings is 1. The third-order valence-electron chi connectivity index (χ3n) is 3.90. The minimum Gasteiger partial charge on any atom is -0.464 e. The summed E-state index contributed by atoms with van der Waals surface area (Å²) in [6.07, 6.45) is 1.71. The fourth-order valence-corrected chi connectivity index (χ4v) is 2.37. The summed E-state index contributed by atoms with van der Waals surface area (Å²) in [5.74, 6) is -0.714. The third-order valence-corrected chi connectivity index (χ3v) is 3.90. The van der Waals surface area contributed by atoms with Crippen molar-refractivity contribution in [2.45, 2.75) is 46.6 Å². The van der Waals surface area contributed by atoms with Crippen molar-refractivity contribution in [2.75, 3.05) is 6.54 Å². The molecule has 2 aromatic rings. The molecule has 0 saturated carbocycles. The van der Waals surface area contributed by atoms with Gasteiger partial charge in [-0.25, -0.2) is 0 Å². The van der Waals surface area contributed by atoms with Gasteiger partial charge in [-0.05, 0) is 38.3 Å². The Hall–Kier alpha value is -2.30. The van der Waals surface area contributed by atoms with Crippen LogP contribution >= 0.6 is 0 Å². The summed E-state index contributed by atoms with van der Waals surface area (Å²) < 4.78 is 10.8. The molecular formula is C18H23NO4. The smallest absolute Gasteiger partial charge is 0.311 e. The average molecular weight is 317 g/mol. The van der Waals surface area contributed by atoms with Crippen molar-refractivity contribution in [1.82, 2.24) is 5.32 Å². The Morgan fingerprint density at radius 2 is 2.04 bits per heavy atom. The minimum atomic E-state index is -0.795. The molecule has 124 valence electrons. The molecule has 0 radical (unpaired) electrons. The average Bonchev–Trinajstić information content (AvgIpc) is 2.91. The second kappa shape index (κ2) is 7.31. The van der Waals surface area contributed by atoms with E-state index in [4.69, 9.17) is 9.15 Å². The summed E-state index contributed by atoms with van der Waals surface area (Å²) >= 11 is 0. The Morgan fingerprint density at radius 3 is 2.74 bits per heavy atom. The molecule has 0 spiro atoms. The highest BCUT2D eigenvalue weighted by Crippen LogP contribution is 2.26. The molecule has 23 heavy (non-hydrogen) atoms. The van der Waals surface area contributed by atoms with Crippen molar-refractivity contribution in [3.63, 3.8) is 0 Å². The Balaban J connectivity index is 2.03. The Bertz CT molecular complexity index is 717. The SMILES string of the molecule is CCCNC(=O)[C@@H](C)OC(=O)Cc1coc2c(C)c(C)ccc12. The molecule has 1 atom stereocenters. The van der Waals surface area contributed by atoms with Gasteiger partial charge in [-0.1, -0.05) is 19.1 Å². The van der Waals surface area contributed by atoms with Crippen LogP contribution in [0.4, 0.5) is 0 Å². The zero-order valence-electron chi connectivity index (χ0n) is 14.1. The van der Waals surface area contributed by atoms with Crippen LogP contribution in [0.25, 0.3) is 11.0 Å². The van der Waals surface area contributed by atoms with E-state index in [1.807, 2.05) is 32.9 Å². The summed E-state index contributed by atoms with van der Waals surface area (Å²) in [4.78, 5) is 23.8. The van der Waals surface area contributed by atoms with Crippen LogP contribution < -0.4 is 5.32 Å². The van der Waals surface area contributed by atoms with E-state index < -0.39 is 12.1 Å². The van der Waals surface area contributed by atoms with E-state index in [1.54, 1.807) is 13.2 Å². The standard InChI is InChI=1S/C18H23NO4/c1-5-8-19-18(21)13(4)23-16(20)9-14-10-22-17-12(3)11(2)6-7-15(14)17/h6-7,10,13H,5,8-9H2,1-4H3,(H,19,21)/t13-/m1/s1. The Morgan fingerprint density at radius 1 is 1.30 bits per heavy atom. The molecule has 5 nitrogen and oxygen atoms in total. The number of hydrogen-bond acceptors (Lipinski definition) is 4. The van der Waals surface area contributed by atoms with Crippen molar-refractivity contribution < 1.29 is 18.7 Å². The normalized spacial score (nSPS) is 12.2. The second-order valence-corrected chi connectivity index (χ2v) is 5.74. The van der Waals surface area contributed by atoms with E-state index in [0.717, 1.165) is 34.1 Å². The van der Waals surface area contributed by atoms with Crippen molar-refractivity contribution in [2.24, 2.45) is 0 Å². The van der Waals surface area contributed by atoms with Gasteiger partial charge in [0.05, 0.1) is 12.7 Å². The fourth-order valence-electron chi connectivity index (χ4n) is 2.37. The van der Waals surface area contributed by atoms with Crippen molar-refractivity contribution in [3.8, 4) is 0 Å². The number of carbonyl (C=O) groups is 2. The van der Waals surface area contributed by atoms with Crippen molar-refractivity contribution in [3.05, 3.63) is 35.1 Å². The van der Waals surface area contributed by atoms with Crippen LogP contribution in [0.5, 0.6) is 0 Å². The molecular weight excluding hydrogens is 294 g/mol. The lowest BCUT2D eigenvalue weighted by Crippen LogP contribution is -2.36. The Kier molecular flexibility index (Phi) is 5.42. The summed E-state index contributed by atoms with van der Waals surface area (Å²) in [7, 11) is 0. The van der Waals surface area contributed by atoms with E-state index >= 15 is 0 Å². The number of esters is 1. The third kappa shape index (κ3) is 3.92. The summed E-state index contributed by atoms with van der Waals surface area (Å²) in [5, 5.41) is 3.62. The summed E-state index contributed by atoms with van der Waals surface area (Å²) in [5.41, 5.74) is 3.77. The maximum absolute atomic E-state index is 12.1. The van der Waals surface area contributed by atoms with Gasteiger partial charge in [0.25, 0.3) is 5.91 Å². The largest absolute Gasteiger partial charge is 0.464 e. The van der Waals surface area contributed by atoms with E-state index in [0.29, 0.717) is 6.54 Å². The van der Waals surface area contributed by atoms with Crippen LogP contribution in [-0.4, -0.2) is 24.5 Å². The number of fused-ring (bicyclic) bond motifs is 1. The highest BCUT2D eigenvalue weighted by Gasteiger charge is 2.19. The van der Waals surface area contributed by atoms with Gasteiger partial charge in [0.15, 0.2) is 6.10 Å². The van der Waals surface area contributed by atoms with Gasteiger partial charge in [0.1, 0.15) is 5.58 Å². The van der Waals surface area contributed by atoms with Crippen molar-refractivity contribution >= 4 is 22.8 Å². The topological polar surface area (TPSA) is 68.5 Å². The highest BCUT2D eigenvalue weighted by molar-refractivity contribution is 5.89. The van der Waals surface area contributed by atoms with E-state index in [-0.39, 0.29) is 12.3 Å². The van der Waals surface area contributed by atoms with Crippen LogP contribution in [0.3, 0.4) is 0 Å². The van der Waals surface area contributed by atoms with E-state index in [9.17, 15) is 9.59 Å². The summed E-state index contributed by atoms with van der Waals surface area (Å²) in [6.45, 7) is 8.12. The minimum absolute atomic E-state index is 0.0842. The molecule has 0 fully saturated rings. The number of rotatable bonds is 6. The second-order valence-electron chi connectivity index (χ2n) is 5.74. The first-order valence-corrected chi connectivity index (χ1v) is 7.87. The lowest BCUT2D eigenvalue weighted by Gasteiger charge is -2.12. The molecule has 0 saturated heterocycles. The first-order valence-electron chi connectivity index (χ1n) is 7.87. The van der Waals surface area contributed by atoms with Gasteiger partial charge in [0.2, 0.25) is 0 Å². The predicted octanol–water partition coefficient (Wildman–Crippen LogP) is 3.05. The van der Waals surface area contributed by atoms with Crippen LogP contribution in [0.15, 0.2) is 22.8 Å². The number of nitrogens with one attached hydrogen (secondary N) is 1. The number of hydrogen-bond donors (Lipinski definition) is 1. The monoisotopic (exact) mass is 317 g/mol. The number of furan rings is 1. The van der Waals surface area contributed by atoms with Gasteiger partial charge in [-0.2, -0.15) is 0 Å². The molecule has 0 aliphatic carbocycles. The molecule has 0 unspecified atom stereocenters. The number of amides is 1. The molecule has 1 aromatic carbocycles. The maximum Gasteiger partial charge on any atom is 0.311 e. The lowest BCUT2D eigenvalue weighted by atomic mass is 10.0. The van der Waals surface area contributed by atoms with Gasteiger partial charge >= 0.3 is 5.97 Å². The molecule has 1 heterocycles. The molecule has 2 rings (SSSR count). The number of carbonyl (C=O) groups excluding carboxylic acids is 2. The molecule has 1 amide bonds. The van der Waals surface area contributed by atoms with E-state index in [2.05, 4.69) is 5.32 Å². The van der Waals surface area contributed by atoms with Gasteiger partial charge in [-0.15, -0.1) is 0 Å². The van der Waals surface area contributed by atoms with Gasteiger partial charge in [0, 0.05) is 17.5 Å². The first kappa shape index (κ1) is 17.1. The van der Waals surface area contributed by atoms with Crippen LogP contribution in [0.1, 0.15) is 37.0 Å². The van der Waals surface area contributed by atoms with Gasteiger partial charge in [-0.3, -0.25) is 9.59 Å². The zero-order chi connectivity index (χ0) is 17.0. The maximum atomic E-state index is 12.1. The fraction of sp³-hybridized carbons (Fsp3) is 0.444. The molecule has 0 bridgehead atoms. The predicted molar refractivity (Wildman–Crippen MR) is 88.2 cm³/mol. The molecule has 0 aliphatic heterocycles. The molecule has 1 N–H and O–H groups in total. The molecule has 5 heteroatoms. The van der Waals surface area contributed by atoms with Crippen LogP contribution in [0.2, 0.25) is 0 Å². The quantitative estimate of drug-likeness (QED) is 0.831. The number of ether oxygens (including phenoxy) is 1. The zero-order valence-corrected chi connectivity index (χ0v) is 14.1. The first-order chi connectivity index (χ1) is 10.9. The van der Waals surface area contributed by atoms with Crippen LogP contribution in [0, 0.1) is 13.8 Å². The van der Waals surface area contributed by atoms with Crippen LogP contribution in [-0.2, 0) is 20.7 Å². The molecule has 0 aliphatic rings.